The monoisotopic (exact) mass is 1570 g/mol. The number of benzene rings is 1. The van der Waals surface area contributed by atoms with Gasteiger partial charge in [0.2, 0.25) is 82.7 Å². The van der Waals surface area contributed by atoms with Crippen LogP contribution in [0.4, 0.5) is 0 Å². The number of phenolic OH excluding ortho intramolecular Hbond substituents is 1. The zero-order chi connectivity index (χ0) is 78.0. The van der Waals surface area contributed by atoms with Crippen LogP contribution >= 0.6 is 75.8 Å². The van der Waals surface area contributed by atoms with Gasteiger partial charge in [-0.2, -0.15) is 75.8 Å². The van der Waals surface area contributed by atoms with Gasteiger partial charge in [0.25, 0.3) is 0 Å². The highest BCUT2D eigenvalue weighted by Crippen LogP contribution is 2.21. The first-order valence-electron chi connectivity index (χ1n) is 32.0. The molecule has 1 heterocycles. The molecule has 0 saturated carbocycles. The van der Waals surface area contributed by atoms with Crippen molar-refractivity contribution in [2.24, 2.45) is 33.8 Å². The summed E-state index contributed by atoms with van der Waals surface area (Å²) in [4.78, 5) is 218. The van der Waals surface area contributed by atoms with Crippen LogP contribution in [0.2, 0.25) is 0 Å². The van der Waals surface area contributed by atoms with Gasteiger partial charge in [-0.15, -0.1) is 0 Å². The van der Waals surface area contributed by atoms with Crippen LogP contribution in [0.15, 0.2) is 29.3 Å². The molecule has 44 heteroatoms. The van der Waals surface area contributed by atoms with Crippen LogP contribution in [0.3, 0.4) is 0 Å². The van der Waals surface area contributed by atoms with Crippen molar-refractivity contribution in [3.63, 3.8) is 0 Å². The van der Waals surface area contributed by atoms with E-state index >= 15 is 0 Å². The molecule has 14 amide bonds. The molecule has 1 aromatic carbocycles. The Balaban J connectivity index is 2.28. The van der Waals surface area contributed by atoms with Crippen LogP contribution in [0, 0.1) is 5.92 Å². The number of nitrogens with one attached hydrogen (secondary N) is 12. The number of primary amides is 1. The van der Waals surface area contributed by atoms with Crippen molar-refractivity contribution in [2.45, 2.75) is 163 Å². The molecule has 1 aliphatic rings. The number of aliphatic hydroxyl groups excluding tert-OH is 1. The predicted molar refractivity (Wildman–Crippen MR) is 391 cm³/mol. The number of amides is 14. The fourth-order valence-electron chi connectivity index (χ4n) is 9.67. The van der Waals surface area contributed by atoms with E-state index in [1.54, 1.807) is 13.8 Å². The summed E-state index contributed by atoms with van der Waals surface area (Å²) in [5, 5.41) is 67.7. The second-order valence-corrected chi connectivity index (χ2v) is 26.1. The number of carbonyl (C=O) groups excluding carboxylic acids is 14. The molecule has 24 N–H and O–H groups in total. The summed E-state index contributed by atoms with van der Waals surface area (Å²) < 4.78 is 0. The van der Waals surface area contributed by atoms with Gasteiger partial charge in [-0.05, 0) is 69.1 Å². The molecular weight excluding hydrogens is 1470 g/mol. The number of phenols is 1. The molecule has 38 nitrogen and oxygen atoms in total. The minimum absolute atomic E-state index is 0.0210. The first-order chi connectivity index (χ1) is 48.4. The molecule has 576 valence electrons. The molecule has 1 aromatic rings. The number of aliphatic carboxylic acids is 2. The number of carboxylic acid groups (broad SMARTS) is 2. The van der Waals surface area contributed by atoms with Crippen molar-refractivity contribution in [3.8, 4) is 5.75 Å². The Bertz CT molecular complexity index is 3180. The van der Waals surface area contributed by atoms with Gasteiger partial charge in [0, 0.05) is 60.4 Å². The number of aromatic hydroxyl groups is 1. The van der Waals surface area contributed by atoms with E-state index in [0.29, 0.717) is 5.56 Å². The molecule has 1 aliphatic heterocycles. The molecule has 0 bridgehead atoms. The number of aliphatic imine (C=N–C) groups is 1. The summed E-state index contributed by atoms with van der Waals surface area (Å²) in [6.45, 7) is 3.43. The van der Waals surface area contributed by atoms with Gasteiger partial charge < -0.3 is 112 Å². The fourth-order valence-corrected chi connectivity index (χ4v) is 11.1. The summed E-state index contributed by atoms with van der Waals surface area (Å²) >= 11 is 24.7. The summed E-state index contributed by atoms with van der Waals surface area (Å²) in [7, 11) is 0. The van der Waals surface area contributed by atoms with Gasteiger partial charge in [0.1, 0.15) is 78.3 Å². The van der Waals surface area contributed by atoms with Crippen LogP contribution in [-0.4, -0.2) is 265 Å². The summed E-state index contributed by atoms with van der Waals surface area (Å²) in [6, 6.07) is -14.1. The number of carbonyl (C=O) groups is 16. The van der Waals surface area contributed by atoms with Crippen LogP contribution in [0.25, 0.3) is 0 Å². The molecule has 103 heavy (non-hydrogen) atoms. The van der Waals surface area contributed by atoms with Crippen molar-refractivity contribution in [1.82, 2.24) is 68.7 Å². The van der Waals surface area contributed by atoms with Gasteiger partial charge in [-0.25, -0.2) is 4.79 Å². The van der Waals surface area contributed by atoms with Crippen molar-refractivity contribution >= 4 is 176 Å². The highest BCUT2D eigenvalue weighted by atomic mass is 32.1. The minimum Gasteiger partial charge on any atom is -0.508 e. The highest BCUT2D eigenvalue weighted by Gasteiger charge is 2.42. The first kappa shape index (κ1) is 90.9. The maximum atomic E-state index is 14.4. The molecule has 0 aliphatic carbocycles. The Kier molecular flexibility index (Phi) is 41.1. The SMILES string of the molecule is CC(C)C[C@H](NC(=O)[C@H](CCC(=O)O)NC(=O)[C@H](CS)NC(=O)[C@@H](N)CS)C(=O)N[C@@H](CS)C(=O)N[C@@H](CS)C(=O)N[C@@H](CC(N)=O)C(=O)N1CCC[C@H]1C(=O)N[C@@H](CCCN=C(N)N)C(=O)N[C@@H](CS)C(=O)N[C@H](C(=O)NCC(=O)N[C@@H](CS)C(=O)N[C@@H](Cc1ccc(O)cc1)C(=O)O)[C@@H](C)O. The number of nitrogens with zero attached hydrogens (tertiary/aromatic N) is 2. The number of hydrogen-bond donors (Lipinski definition) is 26. The lowest BCUT2D eigenvalue weighted by Gasteiger charge is -2.30. The van der Waals surface area contributed by atoms with Crippen molar-refractivity contribution in [3.05, 3.63) is 29.8 Å². The number of carboxylic acids is 2. The molecule has 1 saturated heterocycles. The van der Waals surface area contributed by atoms with Crippen LogP contribution in [0.5, 0.6) is 5.75 Å². The quantitative estimate of drug-likeness (QED) is 0.0125. The predicted octanol–water partition coefficient (Wildman–Crippen LogP) is -8.41. The van der Waals surface area contributed by atoms with Gasteiger partial charge in [-0.1, -0.05) is 26.0 Å². The summed E-state index contributed by atoms with van der Waals surface area (Å²) in [6.07, 6.45) is -3.95. The van der Waals surface area contributed by atoms with E-state index in [-0.39, 0.29) is 86.5 Å². The van der Waals surface area contributed by atoms with E-state index in [0.717, 1.165) is 11.8 Å². The average molecular weight is 1570 g/mol. The van der Waals surface area contributed by atoms with Gasteiger partial charge >= 0.3 is 11.9 Å². The molecular formula is C59H94N18O20S6. The molecule has 0 unspecified atom stereocenters. The second kappa shape index (κ2) is 46.5. The van der Waals surface area contributed by atoms with E-state index in [4.69, 9.17) is 22.9 Å². The number of rotatable bonds is 46. The van der Waals surface area contributed by atoms with Gasteiger partial charge in [-0.3, -0.25) is 76.9 Å². The van der Waals surface area contributed by atoms with Crippen LogP contribution in [-0.2, 0) is 83.1 Å². The fraction of sp³-hybridized carbons (Fsp3) is 0.610. The zero-order valence-corrected chi connectivity index (χ0v) is 61.8. The Morgan fingerprint density at radius 1 is 0.544 bits per heavy atom. The standard InChI is InChI=1S/C59H94N18O20S6/c1-26(2)16-33(69-48(86)32(12-13-44(82)83)67-51(89)37(22-100)72-46(84)30(60)20-98)49(87)74-39(24-102)53(91)75-38(23-101)52(90)70-34(18-42(61)80)57(95)77-15-5-7-41(77)55(93)68-31(6-4-14-64-59(62)63)47(85)73-40(25-103)54(92)76-45(27(3)78)56(94)65-19-43(81)66-36(21-99)50(88)71-35(58(96)97)17-28-8-10-29(79)11-9-28/h8-11,26-27,30-41,45,78-79,98-103H,4-7,12-25,60H2,1-3H3,(H2,61,80)(H,65,94)(H,66,81)(H,67,89)(H,68,93)(H,69,86)(H,70,90)(H,71,88)(H,72,84)(H,73,85)(H,74,87)(H,75,91)(H,76,92)(H,82,83)(H,96,97)(H4,62,63,64)/t27-,30+,31+,32+,33+,34+,35+,36+,37+,38+,39+,40+,41+,45+/m1/s1. The normalized spacial score (nSPS) is 16.3. The van der Waals surface area contributed by atoms with E-state index in [1.807, 2.05) is 0 Å². The number of thiol groups is 6. The molecule has 1 fully saturated rings. The third-order valence-electron chi connectivity index (χ3n) is 15.2. The van der Waals surface area contributed by atoms with Gasteiger partial charge in [0.05, 0.1) is 25.1 Å². The summed E-state index contributed by atoms with van der Waals surface area (Å²) in [5.41, 5.74) is 22.7. The average Bonchev–Trinajstić information content (AvgIpc) is 1.73. The molecule has 14 atom stereocenters. The lowest BCUT2D eigenvalue weighted by molar-refractivity contribution is -0.143. The number of hydrogen-bond acceptors (Lipinski definition) is 26. The molecule has 2 rings (SSSR count). The number of aliphatic hydroxyl groups is 1. The van der Waals surface area contributed by atoms with E-state index < -0.39 is 222 Å². The lowest BCUT2D eigenvalue weighted by atomic mass is 10.0. The maximum Gasteiger partial charge on any atom is 0.326 e. The number of guanidine groups is 1. The zero-order valence-electron chi connectivity index (χ0n) is 56.4. The third-order valence-corrected chi connectivity index (χ3v) is 17.4. The molecule has 0 aromatic heterocycles. The Morgan fingerprint density at radius 2 is 0.981 bits per heavy atom. The maximum absolute atomic E-state index is 14.4. The van der Waals surface area contributed by atoms with E-state index in [1.165, 1.54) is 24.3 Å². The first-order valence-corrected chi connectivity index (χ1v) is 35.8. The van der Waals surface area contributed by atoms with Crippen LogP contribution < -0.4 is 86.7 Å². The van der Waals surface area contributed by atoms with Crippen molar-refractivity contribution in [2.75, 3.05) is 54.2 Å². The summed E-state index contributed by atoms with van der Waals surface area (Å²) in [5.74, 6) is -19.6. The second-order valence-electron chi connectivity index (χ2n) is 23.9. The van der Waals surface area contributed by atoms with E-state index in [2.05, 4.69) is 145 Å². The number of likely N-dealkylation sites (tertiary alicyclic amines) is 1. The Hall–Kier alpha value is -8.17. The topological polar surface area (TPSA) is 618 Å². The van der Waals surface area contributed by atoms with E-state index in [9.17, 15) is 97.1 Å². The Labute approximate surface area is 625 Å². The largest absolute Gasteiger partial charge is 0.508 e. The minimum atomic E-state index is -1.80. The Morgan fingerprint density at radius 3 is 1.44 bits per heavy atom. The lowest BCUT2D eigenvalue weighted by Crippen LogP contribution is -2.61. The van der Waals surface area contributed by atoms with Gasteiger partial charge in [0.15, 0.2) is 5.96 Å². The van der Waals surface area contributed by atoms with Crippen molar-refractivity contribution < 1.29 is 97.1 Å². The third kappa shape index (κ3) is 32.2. The molecule has 0 radical (unpaired) electrons. The molecule has 0 spiro atoms. The van der Waals surface area contributed by atoms with Crippen LogP contribution in [0.1, 0.15) is 77.7 Å². The smallest absolute Gasteiger partial charge is 0.326 e. The number of nitrogens with two attached hydrogens (primary N) is 4. The van der Waals surface area contributed by atoms with Crippen molar-refractivity contribution in [1.29, 1.82) is 0 Å². The highest BCUT2D eigenvalue weighted by molar-refractivity contribution is 7.81.